The van der Waals surface area contributed by atoms with Crippen molar-refractivity contribution in [2.75, 3.05) is 42.3 Å². The summed E-state index contributed by atoms with van der Waals surface area (Å²) in [5.74, 6) is 0.345. The fraction of sp³-hybridized carbons (Fsp3) is 0.474. The predicted molar refractivity (Wildman–Crippen MR) is 110 cm³/mol. The summed E-state index contributed by atoms with van der Waals surface area (Å²) in [6.07, 6.45) is 0. The third-order valence-electron chi connectivity index (χ3n) is 4.11. The molecule has 0 atom stereocenters. The molecule has 1 saturated heterocycles. The van der Waals surface area contributed by atoms with Crippen molar-refractivity contribution in [2.24, 2.45) is 0 Å². The van der Waals surface area contributed by atoms with Crippen LogP contribution >= 0.6 is 23.1 Å². The third-order valence-corrected chi connectivity index (χ3v) is 6.13. The number of hydrogen-bond donors (Lipinski definition) is 1. The highest BCUT2D eigenvalue weighted by Crippen LogP contribution is 2.30. The number of carbonyl (C=O) groups excluding carboxylic acids is 1. The average molecular weight is 392 g/mol. The summed E-state index contributed by atoms with van der Waals surface area (Å²) in [6, 6.07) is 7.95. The van der Waals surface area contributed by atoms with E-state index in [1.165, 1.54) is 11.8 Å². The number of nitrogens with one attached hydrogen (secondary N) is 1. The quantitative estimate of drug-likeness (QED) is 0.781. The number of benzene rings is 1. The summed E-state index contributed by atoms with van der Waals surface area (Å²) in [5, 5.41) is 5.13. The van der Waals surface area contributed by atoms with Gasteiger partial charge in [0.1, 0.15) is 0 Å². The van der Waals surface area contributed by atoms with Gasteiger partial charge in [0.25, 0.3) is 0 Å². The van der Waals surface area contributed by atoms with E-state index in [2.05, 4.69) is 41.4 Å². The molecule has 0 radical (unpaired) electrons. The first kappa shape index (κ1) is 19.2. The lowest BCUT2D eigenvalue weighted by molar-refractivity contribution is -0.113. The Bertz CT molecular complexity index is 749. The van der Waals surface area contributed by atoms with Crippen molar-refractivity contribution in [1.82, 2.24) is 4.98 Å². The molecule has 0 aliphatic carbocycles. The zero-order valence-electron chi connectivity index (χ0n) is 15.4. The topological polar surface area (TPSA) is 54.5 Å². The Morgan fingerprint density at radius 2 is 2.04 bits per heavy atom. The molecule has 1 aliphatic heterocycles. The Kier molecular flexibility index (Phi) is 6.21. The number of aromatic nitrogens is 1. The van der Waals surface area contributed by atoms with Gasteiger partial charge < -0.3 is 15.0 Å². The number of morpholine rings is 1. The summed E-state index contributed by atoms with van der Waals surface area (Å²) in [7, 11) is 0. The molecule has 2 heterocycles. The molecular weight excluding hydrogens is 366 g/mol. The highest BCUT2D eigenvalue weighted by molar-refractivity contribution is 8.01. The SMILES string of the molecule is CC(C)(C)c1csc(SCC(=O)Nc2ccccc2N2CCOCC2)n1. The first-order valence-corrected chi connectivity index (χ1v) is 10.6. The second-order valence-electron chi connectivity index (χ2n) is 7.20. The monoisotopic (exact) mass is 391 g/mol. The molecule has 0 saturated carbocycles. The number of carbonyl (C=O) groups is 1. The molecule has 1 amide bonds. The van der Waals surface area contributed by atoms with Gasteiger partial charge in [-0.1, -0.05) is 44.7 Å². The summed E-state index contributed by atoms with van der Waals surface area (Å²) in [4.78, 5) is 19.3. The van der Waals surface area contributed by atoms with Crippen molar-refractivity contribution >= 4 is 40.4 Å². The average Bonchev–Trinajstić information content (AvgIpc) is 3.11. The van der Waals surface area contributed by atoms with Crippen LogP contribution in [0, 0.1) is 0 Å². The van der Waals surface area contributed by atoms with E-state index in [1.54, 1.807) is 11.3 Å². The molecule has 7 heteroatoms. The van der Waals surface area contributed by atoms with E-state index in [1.807, 2.05) is 24.3 Å². The molecule has 5 nitrogen and oxygen atoms in total. The van der Waals surface area contributed by atoms with Gasteiger partial charge in [0.15, 0.2) is 4.34 Å². The largest absolute Gasteiger partial charge is 0.378 e. The Morgan fingerprint density at radius 1 is 1.31 bits per heavy atom. The Morgan fingerprint density at radius 3 is 2.73 bits per heavy atom. The summed E-state index contributed by atoms with van der Waals surface area (Å²) in [5.41, 5.74) is 3.02. The number of rotatable bonds is 5. The van der Waals surface area contributed by atoms with Crippen LogP contribution in [-0.2, 0) is 14.9 Å². The number of ether oxygens (including phenoxy) is 1. The third kappa shape index (κ3) is 4.99. The van der Waals surface area contributed by atoms with Crippen molar-refractivity contribution in [1.29, 1.82) is 0 Å². The summed E-state index contributed by atoms with van der Waals surface area (Å²) in [6.45, 7) is 9.56. The highest BCUT2D eigenvalue weighted by Gasteiger charge is 2.19. The number of thiazole rings is 1. The van der Waals surface area contributed by atoms with Crippen LogP contribution in [0.15, 0.2) is 34.0 Å². The maximum absolute atomic E-state index is 12.4. The first-order chi connectivity index (χ1) is 12.4. The standard InChI is InChI=1S/C19H25N3O2S2/c1-19(2,3)16-12-25-18(21-16)26-13-17(23)20-14-6-4-5-7-15(14)22-8-10-24-11-9-22/h4-7,12H,8-11,13H2,1-3H3,(H,20,23). The molecule has 26 heavy (non-hydrogen) atoms. The molecule has 1 fully saturated rings. The predicted octanol–water partition coefficient (Wildman–Crippen LogP) is 4.01. The lowest BCUT2D eigenvalue weighted by atomic mass is 9.93. The van der Waals surface area contributed by atoms with Crippen molar-refractivity contribution < 1.29 is 9.53 Å². The van der Waals surface area contributed by atoms with Crippen LogP contribution < -0.4 is 10.2 Å². The number of nitrogens with zero attached hydrogens (tertiary/aromatic N) is 2. The zero-order valence-corrected chi connectivity index (χ0v) is 17.1. The maximum Gasteiger partial charge on any atom is 0.234 e. The van der Waals surface area contributed by atoms with E-state index >= 15 is 0 Å². The van der Waals surface area contributed by atoms with Gasteiger partial charge in [-0.3, -0.25) is 4.79 Å². The normalized spacial score (nSPS) is 15.1. The van der Waals surface area contributed by atoms with Gasteiger partial charge >= 0.3 is 0 Å². The van der Waals surface area contributed by atoms with Crippen molar-refractivity contribution in [2.45, 2.75) is 30.5 Å². The molecule has 0 bridgehead atoms. The van der Waals surface area contributed by atoms with Crippen molar-refractivity contribution in [3.63, 3.8) is 0 Å². The number of thioether (sulfide) groups is 1. The lowest BCUT2D eigenvalue weighted by Gasteiger charge is -2.30. The summed E-state index contributed by atoms with van der Waals surface area (Å²) < 4.78 is 6.35. The molecule has 140 valence electrons. The van der Waals surface area contributed by atoms with Crippen LogP contribution in [0.4, 0.5) is 11.4 Å². The van der Waals surface area contributed by atoms with Gasteiger partial charge in [-0.2, -0.15) is 0 Å². The van der Waals surface area contributed by atoms with Crippen LogP contribution in [0.5, 0.6) is 0 Å². The molecule has 1 aromatic heterocycles. The molecule has 1 aliphatic rings. The molecule has 3 rings (SSSR count). The van der Waals surface area contributed by atoms with E-state index in [0.29, 0.717) is 5.75 Å². The van der Waals surface area contributed by atoms with Gasteiger partial charge in [-0.15, -0.1) is 11.3 Å². The molecule has 1 N–H and O–H groups in total. The Labute approximate surface area is 163 Å². The number of para-hydroxylation sites is 2. The Balaban J connectivity index is 1.59. The second-order valence-corrected chi connectivity index (χ2v) is 9.28. The fourth-order valence-corrected chi connectivity index (χ4v) is 4.49. The van der Waals surface area contributed by atoms with Crippen molar-refractivity contribution in [3.05, 3.63) is 35.3 Å². The number of hydrogen-bond acceptors (Lipinski definition) is 6. The molecule has 0 unspecified atom stereocenters. The van der Waals surface area contributed by atoms with Crippen LogP contribution in [0.25, 0.3) is 0 Å². The molecular formula is C19H25N3O2S2. The van der Waals surface area contributed by atoms with Crippen LogP contribution in [-0.4, -0.2) is 42.9 Å². The number of anilines is 2. The van der Waals surface area contributed by atoms with Gasteiger partial charge in [0.2, 0.25) is 5.91 Å². The molecule has 2 aromatic rings. The minimum Gasteiger partial charge on any atom is -0.378 e. The lowest BCUT2D eigenvalue weighted by Crippen LogP contribution is -2.36. The second kappa shape index (κ2) is 8.41. The van der Waals surface area contributed by atoms with E-state index < -0.39 is 0 Å². The van der Waals surface area contributed by atoms with Gasteiger partial charge in [-0.25, -0.2) is 4.98 Å². The first-order valence-electron chi connectivity index (χ1n) is 8.74. The van der Waals surface area contributed by atoms with Gasteiger partial charge in [0, 0.05) is 23.9 Å². The highest BCUT2D eigenvalue weighted by atomic mass is 32.2. The minimum atomic E-state index is -0.0109. The number of amides is 1. The molecule has 0 spiro atoms. The van der Waals surface area contributed by atoms with Crippen molar-refractivity contribution in [3.8, 4) is 0 Å². The maximum atomic E-state index is 12.4. The molecule has 1 aromatic carbocycles. The van der Waals surface area contributed by atoms with Gasteiger partial charge in [0.05, 0.1) is 36.0 Å². The van der Waals surface area contributed by atoms with Crippen LogP contribution in [0.1, 0.15) is 26.5 Å². The van der Waals surface area contributed by atoms with E-state index in [0.717, 1.165) is 47.7 Å². The van der Waals surface area contributed by atoms with Gasteiger partial charge in [-0.05, 0) is 12.1 Å². The van der Waals surface area contributed by atoms with E-state index in [9.17, 15) is 4.79 Å². The van der Waals surface area contributed by atoms with E-state index in [4.69, 9.17) is 4.74 Å². The zero-order chi connectivity index (χ0) is 18.6. The minimum absolute atomic E-state index is 0.0109. The summed E-state index contributed by atoms with van der Waals surface area (Å²) >= 11 is 3.09. The fourth-order valence-electron chi connectivity index (χ4n) is 2.64. The smallest absolute Gasteiger partial charge is 0.234 e. The Hall–Kier alpha value is -1.57. The van der Waals surface area contributed by atoms with Crippen LogP contribution in [0.3, 0.4) is 0 Å². The van der Waals surface area contributed by atoms with Crippen LogP contribution in [0.2, 0.25) is 0 Å². The van der Waals surface area contributed by atoms with E-state index in [-0.39, 0.29) is 11.3 Å².